The second-order valence-corrected chi connectivity index (χ2v) is 18.2. The van der Waals surface area contributed by atoms with Gasteiger partial charge in [-0.2, -0.15) is 0 Å². The van der Waals surface area contributed by atoms with E-state index in [1.165, 1.54) is 21.1 Å². The highest BCUT2D eigenvalue weighted by Crippen LogP contribution is 2.68. The number of benzene rings is 2. The number of H-pyrrole nitrogens is 1. The Morgan fingerprint density at radius 3 is 2.40 bits per heavy atom. The maximum Gasteiger partial charge on any atom is 0.344 e. The van der Waals surface area contributed by atoms with Crippen LogP contribution in [0.5, 0.6) is 5.75 Å². The number of ether oxygens (including phenoxy) is 4. The fourth-order valence-corrected chi connectivity index (χ4v) is 13.5. The van der Waals surface area contributed by atoms with Crippen molar-refractivity contribution >= 4 is 34.5 Å². The van der Waals surface area contributed by atoms with Crippen molar-refractivity contribution in [2.24, 2.45) is 11.3 Å². The topological polar surface area (TPSA) is 174 Å². The van der Waals surface area contributed by atoms with Gasteiger partial charge >= 0.3 is 17.9 Å². The fraction of sp³-hybridized carbons (Fsp3) is 0.587. The molecule has 11 atom stereocenters. The fourth-order valence-electron chi connectivity index (χ4n) is 13.5. The molecule has 0 radical (unpaired) electrons. The lowest BCUT2D eigenvalue weighted by atomic mass is 9.47. The number of hydrogen-bond donors (Lipinski definition) is 4. The third kappa shape index (κ3) is 5.08. The Morgan fingerprint density at radius 2 is 1.72 bits per heavy atom. The highest BCUT2D eigenvalue weighted by molar-refractivity contribution is 5.95. The summed E-state index contributed by atoms with van der Waals surface area (Å²) in [5, 5.41) is 38.4. The number of likely N-dealkylation sites (N-methyl/N-ethyl adjacent to an activating group) is 1. The number of para-hydroxylation sites is 1. The smallest absolute Gasteiger partial charge is 0.344 e. The Hall–Kier alpha value is -4.47. The van der Waals surface area contributed by atoms with Crippen LogP contribution in [0.3, 0.4) is 0 Å². The van der Waals surface area contributed by atoms with Crippen LogP contribution >= 0.6 is 0 Å². The van der Waals surface area contributed by atoms with E-state index in [9.17, 15) is 24.9 Å². The van der Waals surface area contributed by atoms with Gasteiger partial charge in [0, 0.05) is 96.9 Å². The molecule has 4 N–H and O–H groups in total. The van der Waals surface area contributed by atoms with Gasteiger partial charge in [-0.15, -0.1) is 0 Å². The lowest BCUT2D eigenvalue weighted by Gasteiger charge is -2.63. The molecule has 14 heteroatoms. The number of rotatable bonds is 7. The van der Waals surface area contributed by atoms with E-state index in [-0.39, 0.29) is 12.5 Å². The molecule has 1 aliphatic carbocycles. The van der Waals surface area contributed by atoms with Crippen LogP contribution in [0.1, 0.15) is 68.8 Å². The van der Waals surface area contributed by atoms with Gasteiger partial charge in [-0.05, 0) is 61.9 Å². The van der Waals surface area contributed by atoms with Crippen molar-refractivity contribution in [1.29, 1.82) is 0 Å². The molecule has 322 valence electrons. The summed E-state index contributed by atoms with van der Waals surface area (Å²) in [5.74, 6) is -2.29. The molecule has 1 saturated carbocycles. The van der Waals surface area contributed by atoms with E-state index in [1.54, 1.807) is 7.11 Å². The van der Waals surface area contributed by atoms with Gasteiger partial charge in [-0.25, -0.2) is 4.79 Å². The number of nitrogens with one attached hydrogen (secondary N) is 1. The van der Waals surface area contributed by atoms with Crippen molar-refractivity contribution in [3.05, 3.63) is 70.9 Å². The molecule has 0 amide bonds. The van der Waals surface area contributed by atoms with Gasteiger partial charge in [0.25, 0.3) is 0 Å². The summed E-state index contributed by atoms with van der Waals surface area (Å²) in [5.41, 5.74) is -2.91. The Morgan fingerprint density at radius 1 is 0.967 bits per heavy atom. The largest absolute Gasteiger partial charge is 0.496 e. The number of nitrogens with zero attached hydrogens (tertiary/aromatic N) is 3. The Bertz CT molecular complexity index is 2290. The number of aromatic amines is 1. The first-order valence-corrected chi connectivity index (χ1v) is 21.3. The molecular weight excluding hydrogens is 769 g/mol. The molecular formula is C46H58N4O10. The van der Waals surface area contributed by atoms with Crippen molar-refractivity contribution in [2.75, 3.05) is 66.0 Å². The number of piperidine rings is 1. The van der Waals surface area contributed by atoms with Gasteiger partial charge in [-0.3, -0.25) is 19.4 Å². The van der Waals surface area contributed by atoms with Crippen LogP contribution in [-0.4, -0.2) is 145 Å². The number of carbonyl (C=O) groups is 3. The first kappa shape index (κ1) is 40.9. The van der Waals surface area contributed by atoms with Crippen molar-refractivity contribution in [3.63, 3.8) is 0 Å². The molecule has 1 aromatic heterocycles. The summed E-state index contributed by atoms with van der Waals surface area (Å²) in [4.78, 5) is 52.9. The Kier molecular flexibility index (Phi) is 9.57. The first-order chi connectivity index (χ1) is 28.7. The summed E-state index contributed by atoms with van der Waals surface area (Å²) < 4.78 is 23.8. The minimum absolute atomic E-state index is 0.0682. The average molecular weight is 827 g/mol. The van der Waals surface area contributed by atoms with Crippen LogP contribution in [0, 0.1) is 11.3 Å². The minimum atomic E-state index is -2.34. The predicted octanol–water partition coefficient (Wildman–Crippen LogP) is 2.96. The van der Waals surface area contributed by atoms with Gasteiger partial charge in [-0.1, -0.05) is 44.2 Å². The maximum absolute atomic E-state index is 15.3. The van der Waals surface area contributed by atoms with Crippen LogP contribution in [0.2, 0.25) is 0 Å². The van der Waals surface area contributed by atoms with Gasteiger partial charge < -0.3 is 44.2 Å². The van der Waals surface area contributed by atoms with Crippen LogP contribution in [0.4, 0.5) is 5.69 Å². The molecule has 1 spiro atoms. The van der Waals surface area contributed by atoms with Gasteiger partial charge in [0.1, 0.15) is 16.8 Å². The number of hydrogen-bond acceptors (Lipinski definition) is 13. The van der Waals surface area contributed by atoms with Crippen molar-refractivity contribution in [1.82, 2.24) is 14.8 Å². The molecule has 3 fully saturated rings. The van der Waals surface area contributed by atoms with Crippen molar-refractivity contribution in [2.45, 2.75) is 99.2 Å². The SMILES string of the molecule is CCC1(O)CN2CCc3c([nH]c4ccccc34)C(C(=O)OC)(c3cc4c(cc3OC)N(C)C3C(O)(C(=O)OC)C(OC(C)=O)C5(CC)C=CCN6CCC43C65)CC(C2)C1O. The van der Waals surface area contributed by atoms with Crippen molar-refractivity contribution < 1.29 is 48.7 Å². The zero-order valence-electron chi connectivity index (χ0n) is 35.6. The number of aromatic nitrogens is 1. The number of aliphatic hydroxyl groups is 3. The van der Waals surface area contributed by atoms with E-state index in [4.69, 9.17) is 18.9 Å². The highest BCUT2D eigenvalue weighted by Gasteiger charge is 2.80. The molecule has 2 aromatic carbocycles. The number of esters is 3. The summed E-state index contributed by atoms with van der Waals surface area (Å²) in [6.07, 6.45) is 3.51. The summed E-state index contributed by atoms with van der Waals surface area (Å²) in [6.45, 7) is 7.73. The number of carbonyl (C=O) groups excluding carboxylic acids is 3. The molecule has 9 rings (SSSR count). The minimum Gasteiger partial charge on any atom is -0.496 e. The van der Waals surface area contributed by atoms with E-state index < -0.39 is 69.5 Å². The van der Waals surface area contributed by atoms with Gasteiger partial charge in [0.05, 0.1) is 33.5 Å². The number of fused-ring (bicyclic) bond motifs is 6. The van der Waals surface area contributed by atoms with Crippen LogP contribution in [0.25, 0.3) is 10.9 Å². The van der Waals surface area contributed by atoms with E-state index in [2.05, 4.69) is 14.8 Å². The zero-order valence-corrected chi connectivity index (χ0v) is 35.6. The molecule has 11 unspecified atom stereocenters. The standard InChI is InChI=1S/C46H58N4O10/c1-8-42-16-12-18-50-20-17-44(37(42)50)30-21-31(34(57-5)22-33(30)48(4)38(44)46(56,41(54)59-7)39(42)60-26(3)51)45(40(53)58-6)23-27-24-49(25-43(55,9-2)36(27)52)19-15-29-28-13-10-11-14-32(28)47-35(29)45/h10-14,16,21-22,27,36-39,47,52,55-56H,8-9,15,17-20,23-25H2,1-7H3. The second kappa shape index (κ2) is 14.0. The first-order valence-electron chi connectivity index (χ1n) is 21.3. The molecule has 60 heavy (non-hydrogen) atoms. The molecule has 2 saturated heterocycles. The monoisotopic (exact) mass is 826 g/mol. The van der Waals surface area contributed by atoms with Gasteiger partial charge in [0.2, 0.25) is 5.60 Å². The normalized spacial score (nSPS) is 37.8. The summed E-state index contributed by atoms with van der Waals surface area (Å²) >= 11 is 0. The molecule has 5 aliphatic heterocycles. The number of methoxy groups -OCH3 is 3. The van der Waals surface area contributed by atoms with Crippen molar-refractivity contribution in [3.8, 4) is 5.75 Å². The Labute approximate surface area is 350 Å². The van der Waals surface area contributed by atoms with Gasteiger partial charge in [0.15, 0.2) is 6.10 Å². The Balaban J connectivity index is 1.37. The summed E-state index contributed by atoms with van der Waals surface area (Å²) in [7, 11) is 6.00. The zero-order chi connectivity index (χ0) is 42.7. The molecule has 6 heterocycles. The number of anilines is 1. The number of aliphatic hydroxyl groups excluding tert-OH is 1. The van der Waals surface area contributed by atoms with E-state index >= 15 is 4.79 Å². The quantitative estimate of drug-likeness (QED) is 0.156. The average Bonchev–Trinajstić information content (AvgIpc) is 3.91. The van der Waals surface area contributed by atoms with E-state index in [0.29, 0.717) is 81.1 Å². The lowest BCUT2D eigenvalue weighted by molar-refractivity contribution is -0.228. The lowest BCUT2D eigenvalue weighted by Crippen LogP contribution is -2.81. The van der Waals surface area contributed by atoms with E-state index in [1.807, 2.05) is 74.3 Å². The van der Waals surface area contributed by atoms with E-state index in [0.717, 1.165) is 22.0 Å². The third-order valence-corrected chi connectivity index (χ3v) is 15.8. The van der Waals surface area contributed by atoms with Crippen LogP contribution < -0.4 is 9.64 Å². The maximum atomic E-state index is 15.3. The molecule has 14 nitrogen and oxygen atoms in total. The molecule has 3 aromatic rings. The highest BCUT2D eigenvalue weighted by atomic mass is 16.6. The predicted molar refractivity (Wildman–Crippen MR) is 222 cm³/mol. The third-order valence-electron chi connectivity index (χ3n) is 15.8. The molecule has 6 aliphatic rings. The summed E-state index contributed by atoms with van der Waals surface area (Å²) in [6, 6.07) is 10.6. The van der Waals surface area contributed by atoms with Crippen LogP contribution in [0.15, 0.2) is 48.6 Å². The van der Waals surface area contributed by atoms with Crippen LogP contribution in [-0.2, 0) is 45.8 Å². The second-order valence-electron chi connectivity index (χ2n) is 18.2. The molecule has 2 bridgehead atoms.